The minimum absolute atomic E-state index is 0.0816. The van der Waals surface area contributed by atoms with Crippen molar-refractivity contribution in [2.75, 3.05) is 19.8 Å². The van der Waals surface area contributed by atoms with Crippen molar-refractivity contribution in [2.45, 2.75) is 154 Å². The Bertz CT molecular complexity index is 1230. The van der Waals surface area contributed by atoms with Crippen LogP contribution >= 0.6 is 0 Å². The molecule has 4 atom stereocenters. The van der Waals surface area contributed by atoms with E-state index >= 15 is 0 Å². The van der Waals surface area contributed by atoms with Gasteiger partial charge in [-0.05, 0) is 24.8 Å². The highest BCUT2D eigenvalue weighted by Crippen LogP contribution is 2.14. The molecule has 0 aliphatic rings. The first-order chi connectivity index (χ1) is 25.6. The second-order valence-corrected chi connectivity index (χ2v) is 13.9. The molecule has 9 N–H and O–H groups in total. The topological polar surface area (TPSA) is 226 Å². The molecular formula is C40H68N6O7. The molecule has 0 saturated heterocycles. The first kappa shape index (κ1) is 47.2. The van der Waals surface area contributed by atoms with Gasteiger partial charge in [-0.25, -0.2) is 0 Å². The Labute approximate surface area is 316 Å². The number of hydrogen-bond donors (Lipinski definition) is 7. The van der Waals surface area contributed by atoms with Gasteiger partial charge in [0.05, 0.1) is 25.2 Å². The Morgan fingerprint density at radius 1 is 0.660 bits per heavy atom. The number of Topliss-reactive ketones (excluding diaryl/α,β-unsaturated/α-hetero) is 2. The molecule has 0 aliphatic heterocycles. The zero-order valence-electron chi connectivity index (χ0n) is 32.3. The molecule has 0 radical (unpaired) electrons. The predicted octanol–water partition coefficient (Wildman–Crippen LogP) is 3.76. The van der Waals surface area contributed by atoms with Crippen LogP contribution in [0.25, 0.3) is 0 Å². The molecule has 0 aromatic heterocycles. The first-order valence-corrected chi connectivity index (χ1v) is 19.8. The van der Waals surface area contributed by atoms with Crippen LogP contribution in [-0.4, -0.2) is 83.3 Å². The van der Waals surface area contributed by atoms with Crippen LogP contribution in [0.2, 0.25) is 0 Å². The molecule has 0 heterocycles. The number of aliphatic imine (C=N–C) groups is 1. The van der Waals surface area contributed by atoms with E-state index in [0.29, 0.717) is 12.8 Å². The van der Waals surface area contributed by atoms with Crippen molar-refractivity contribution < 1.29 is 34.2 Å². The molecule has 300 valence electrons. The Kier molecular flexibility index (Phi) is 26.3. The monoisotopic (exact) mass is 745 g/mol. The lowest BCUT2D eigenvalue weighted by Gasteiger charge is -2.25. The zero-order chi connectivity index (χ0) is 39.3. The van der Waals surface area contributed by atoms with Crippen molar-refractivity contribution in [2.24, 2.45) is 22.4 Å². The van der Waals surface area contributed by atoms with E-state index in [1.54, 1.807) is 6.92 Å². The van der Waals surface area contributed by atoms with Crippen LogP contribution in [0.1, 0.15) is 135 Å². The third kappa shape index (κ3) is 22.1. The van der Waals surface area contributed by atoms with Gasteiger partial charge in [0.2, 0.25) is 17.7 Å². The number of carbonyl (C=O) groups excluding carboxylic acids is 5. The molecule has 0 saturated carbocycles. The van der Waals surface area contributed by atoms with Crippen LogP contribution in [-0.2, 0) is 30.4 Å². The summed E-state index contributed by atoms with van der Waals surface area (Å²) in [7, 11) is 0. The molecular weight excluding hydrogens is 676 g/mol. The molecule has 0 aliphatic carbocycles. The number of unbranched alkanes of at least 4 members (excludes halogenated alkanes) is 12. The maximum Gasteiger partial charge on any atom is 0.243 e. The fourth-order valence-corrected chi connectivity index (χ4v) is 6.11. The summed E-state index contributed by atoms with van der Waals surface area (Å²) in [6.45, 7) is 2.69. The summed E-state index contributed by atoms with van der Waals surface area (Å²) in [6.07, 6.45) is 16.1. The third-order valence-corrected chi connectivity index (χ3v) is 9.37. The van der Waals surface area contributed by atoms with E-state index in [-0.39, 0.29) is 44.1 Å². The van der Waals surface area contributed by atoms with Crippen molar-refractivity contribution in [1.29, 1.82) is 0 Å². The Morgan fingerprint density at radius 2 is 1.23 bits per heavy atom. The highest BCUT2D eigenvalue weighted by Gasteiger charge is 2.31. The van der Waals surface area contributed by atoms with Gasteiger partial charge < -0.3 is 37.6 Å². The highest BCUT2D eigenvalue weighted by molar-refractivity contribution is 5.96. The van der Waals surface area contributed by atoms with Gasteiger partial charge in [-0.2, -0.15) is 0 Å². The van der Waals surface area contributed by atoms with Crippen LogP contribution in [0.5, 0.6) is 0 Å². The van der Waals surface area contributed by atoms with E-state index in [1.165, 1.54) is 57.8 Å². The molecule has 0 unspecified atom stereocenters. The average Bonchev–Trinajstić information content (AvgIpc) is 3.15. The quantitative estimate of drug-likeness (QED) is 0.0323. The van der Waals surface area contributed by atoms with Crippen LogP contribution < -0.4 is 27.4 Å². The van der Waals surface area contributed by atoms with Crippen molar-refractivity contribution in [3.63, 3.8) is 0 Å². The van der Waals surface area contributed by atoms with E-state index in [2.05, 4.69) is 27.9 Å². The van der Waals surface area contributed by atoms with Gasteiger partial charge >= 0.3 is 0 Å². The number of benzene rings is 1. The SMILES string of the molecule is CCCCCCCCCCCCCCCC(=O)N[C@@H](Cc1ccccc1)C(=O)N[C@@H](CCCN=C(N)N)C(=O)C[C@@H](CO)C(=O)N[C@@H](CO)C(=O)CC. The lowest BCUT2D eigenvalue weighted by Crippen LogP contribution is -2.53. The summed E-state index contributed by atoms with van der Waals surface area (Å²) >= 11 is 0. The number of hydrogen-bond acceptors (Lipinski definition) is 8. The number of rotatable bonds is 32. The Morgan fingerprint density at radius 3 is 1.75 bits per heavy atom. The fraction of sp³-hybridized carbons (Fsp3) is 0.700. The predicted molar refractivity (Wildman–Crippen MR) is 209 cm³/mol. The molecule has 0 bridgehead atoms. The van der Waals surface area contributed by atoms with Gasteiger partial charge in [0.25, 0.3) is 0 Å². The van der Waals surface area contributed by atoms with Gasteiger partial charge in [-0.1, -0.05) is 121 Å². The average molecular weight is 745 g/mol. The molecule has 13 heteroatoms. The summed E-state index contributed by atoms with van der Waals surface area (Å²) in [5, 5.41) is 27.6. The fourth-order valence-electron chi connectivity index (χ4n) is 6.11. The molecule has 0 spiro atoms. The summed E-state index contributed by atoms with van der Waals surface area (Å²) in [4.78, 5) is 69.3. The van der Waals surface area contributed by atoms with E-state index in [4.69, 9.17) is 11.5 Å². The number of nitrogens with two attached hydrogens (primary N) is 2. The highest BCUT2D eigenvalue weighted by atomic mass is 16.3. The summed E-state index contributed by atoms with van der Waals surface area (Å²) < 4.78 is 0. The summed E-state index contributed by atoms with van der Waals surface area (Å²) in [5.41, 5.74) is 11.7. The van der Waals surface area contributed by atoms with E-state index in [1.807, 2.05) is 30.3 Å². The summed E-state index contributed by atoms with van der Waals surface area (Å²) in [6, 6.07) is 6.02. The molecule has 3 amide bonds. The van der Waals surface area contributed by atoms with Gasteiger partial charge in [0, 0.05) is 32.2 Å². The van der Waals surface area contributed by atoms with Crippen molar-refractivity contribution in [1.82, 2.24) is 16.0 Å². The number of aliphatic hydroxyl groups is 2. The number of guanidine groups is 1. The van der Waals surface area contributed by atoms with Crippen molar-refractivity contribution in [3.05, 3.63) is 35.9 Å². The molecule has 13 nitrogen and oxygen atoms in total. The minimum atomic E-state index is -1.22. The zero-order valence-corrected chi connectivity index (χ0v) is 32.3. The number of ketones is 2. The number of aliphatic hydroxyl groups excluding tert-OH is 2. The number of carbonyl (C=O) groups is 5. The lowest BCUT2D eigenvalue weighted by molar-refractivity contribution is -0.135. The number of nitrogens with zero attached hydrogens (tertiary/aromatic N) is 1. The van der Waals surface area contributed by atoms with Crippen LogP contribution in [0.4, 0.5) is 0 Å². The standard InChI is InChI=1S/C40H68N6O7/c1-3-5-6-7-8-9-10-11-12-13-14-15-19-24-37(51)44-33(26-30-21-17-16-18-22-30)39(53)45-32(23-20-25-43-40(41)42)36(50)27-31(28-47)38(52)46-34(29-48)35(49)4-2/h16-18,21-22,31-34,47-48H,3-15,19-20,23-29H2,1-2H3,(H,44,51)(H,45,53)(H,46,52)(H4,41,42,43)/t31-,32-,33-,34-/m0/s1. The van der Waals surface area contributed by atoms with Gasteiger partial charge in [0.1, 0.15) is 12.1 Å². The lowest BCUT2D eigenvalue weighted by atomic mass is 9.94. The van der Waals surface area contributed by atoms with Crippen molar-refractivity contribution >= 4 is 35.2 Å². The second kappa shape index (κ2) is 29.6. The largest absolute Gasteiger partial charge is 0.396 e. The Hall–Kier alpha value is -3.84. The van der Waals surface area contributed by atoms with E-state index < -0.39 is 67.1 Å². The molecule has 0 fully saturated rings. The molecule has 1 aromatic carbocycles. The van der Waals surface area contributed by atoms with Gasteiger partial charge in [-0.15, -0.1) is 0 Å². The minimum Gasteiger partial charge on any atom is -0.396 e. The molecule has 1 aromatic rings. The first-order valence-electron chi connectivity index (χ1n) is 19.8. The normalized spacial score (nSPS) is 13.3. The second-order valence-electron chi connectivity index (χ2n) is 13.9. The van der Waals surface area contributed by atoms with Crippen molar-refractivity contribution in [3.8, 4) is 0 Å². The Balaban J connectivity index is 2.86. The maximum absolute atomic E-state index is 13.8. The molecule has 53 heavy (non-hydrogen) atoms. The smallest absolute Gasteiger partial charge is 0.243 e. The third-order valence-electron chi connectivity index (χ3n) is 9.37. The van der Waals surface area contributed by atoms with Crippen LogP contribution in [0.3, 0.4) is 0 Å². The number of nitrogens with one attached hydrogen (secondary N) is 3. The van der Waals surface area contributed by atoms with Gasteiger partial charge in [-0.3, -0.25) is 29.0 Å². The maximum atomic E-state index is 13.8. The van der Waals surface area contributed by atoms with Crippen LogP contribution in [0, 0.1) is 5.92 Å². The summed E-state index contributed by atoms with van der Waals surface area (Å²) in [5.74, 6) is -3.86. The van der Waals surface area contributed by atoms with Gasteiger partial charge in [0.15, 0.2) is 17.5 Å². The van der Waals surface area contributed by atoms with E-state index in [9.17, 15) is 34.2 Å². The molecule has 1 rings (SSSR count). The van der Waals surface area contributed by atoms with E-state index in [0.717, 1.165) is 24.8 Å². The number of amides is 3. The van der Waals surface area contributed by atoms with Crippen LogP contribution in [0.15, 0.2) is 35.3 Å².